The summed E-state index contributed by atoms with van der Waals surface area (Å²) >= 11 is 5.82. The van der Waals surface area contributed by atoms with E-state index < -0.39 is 0 Å². The number of pyridine rings is 1. The molecule has 0 radical (unpaired) electrons. The zero-order valence-corrected chi connectivity index (χ0v) is 11.5. The Morgan fingerprint density at radius 1 is 1.35 bits per heavy atom. The molecule has 102 valence electrons. The number of aromatic nitrogens is 1. The number of benzene rings is 1. The first-order valence-corrected chi connectivity index (χ1v) is 6.85. The zero-order valence-electron chi connectivity index (χ0n) is 10.8. The molecule has 0 saturated carbocycles. The van der Waals surface area contributed by atoms with E-state index in [0.29, 0.717) is 10.8 Å². The maximum atomic E-state index is 12.4. The van der Waals surface area contributed by atoms with Crippen LogP contribution in [0.2, 0.25) is 5.15 Å². The number of fused-ring (bicyclic) bond motifs is 1. The smallest absolute Gasteiger partial charge is 0.246 e. The third-order valence-corrected chi connectivity index (χ3v) is 3.57. The van der Waals surface area contributed by atoms with Crippen LogP contribution in [-0.4, -0.2) is 17.4 Å². The number of hydrogen-bond acceptors (Lipinski definition) is 3. The average molecular weight is 288 g/mol. The van der Waals surface area contributed by atoms with Gasteiger partial charge in [0.25, 0.3) is 0 Å². The van der Waals surface area contributed by atoms with E-state index in [1.54, 1.807) is 18.3 Å². The minimum absolute atomic E-state index is 0.0839. The molecule has 1 amide bonds. The number of nitrogens with zero attached hydrogens (tertiary/aromatic N) is 1. The molecule has 4 nitrogen and oxygen atoms in total. The molecule has 0 bridgehead atoms. The molecule has 1 aromatic carbocycles. The Labute approximate surface area is 122 Å². The summed E-state index contributed by atoms with van der Waals surface area (Å²) in [6.45, 7) is 0.798. The van der Waals surface area contributed by atoms with Crippen LogP contribution in [0.4, 0.5) is 5.69 Å². The summed E-state index contributed by atoms with van der Waals surface area (Å²) in [7, 11) is 0. The molecule has 1 aliphatic rings. The Balaban J connectivity index is 1.82. The van der Waals surface area contributed by atoms with Crippen LogP contribution in [0.1, 0.15) is 17.2 Å². The fourth-order valence-electron chi connectivity index (χ4n) is 2.43. The third-order valence-electron chi connectivity index (χ3n) is 3.37. The Morgan fingerprint density at radius 3 is 3.05 bits per heavy atom. The molecule has 1 atom stereocenters. The second kappa shape index (κ2) is 5.61. The van der Waals surface area contributed by atoms with Crippen molar-refractivity contribution in [2.45, 2.75) is 12.5 Å². The highest BCUT2D eigenvalue weighted by atomic mass is 35.5. The number of carbonyl (C=O) groups excluding carboxylic acids is 1. The van der Waals surface area contributed by atoms with Crippen molar-refractivity contribution in [1.82, 2.24) is 10.3 Å². The molecule has 1 unspecified atom stereocenters. The maximum absolute atomic E-state index is 12.4. The monoisotopic (exact) mass is 287 g/mol. The Hall–Kier alpha value is -1.91. The molecule has 20 heavy (non-hydrogen) atoms. The summed E-state index contributed by atoms with van der Waals surface area (Å²) in [5.41, 5.74) is 2.91. The van der Waals surface area contributed by atoms with Crippen molar-refractivity contribution in [2.24, 2.45) is 0 Å². The standard InChI is InChI=1S/C15H14ClN3O/c16-13-9-11(6-8-17-13)19-15(20)14-12-4-2-1-3-10(12)5-7-18-14/h1-4,6,8-9,14,18H,5,7H2,(H,17,19,20). The highest BCUT2D eigenvalue weighted by Crippen LogP contribution is 2.24. The summed E-state index contributed by atoms with van der Waals surface area (Å²) < 4.78 is 0. The fourth-order valence-corrected chi connectivity index (χ4v) is 2.61. The van der Waals surface area contributed by atoms with Gasteiger partial charge in [-0.05, 0) is 29.7 Å². The quantitative estimate of drug-likeness (QED) is 0.835. The van der Waals surface area contributed by atoms with Crippen molar-refractivity contribution >= 4 is 23.2 Å². The molecule has 0 saturated heterocycles. The minimum atomic E-state index is -0.327. The Kier molecular flexibility index (Phi) is 3.67. The van der Waals surface area contributed by atoms with Crippen molar-refractivity contribution in [3.8, 4) is 0 Å². The van der Waals surface area contributed by atoms with Gasteiger partial charge in [-0.15, -0.1) is 0 Å². The van der Waals surface area contributed by atoms with E-state index in [1.165, 1.54) is 5.56 Å². The topological polar surface area (TPSA) is 54.0 Å². The number of halogens is 1. The normalized spacial score (nSPS) is 17.4. The van der Waals surface area contributed by atoms with Crippen molar-refractivity contribution in [3.05, 3.63) is 58.9 Å². The lowest BCUT2D eigenvalue weighted by Crippen LogP contribution is -2.38. The van der Waals surface area contributed by atoms with Gasteiger partial charge in [0.05, 0.1) is 0 Å². The molecule has 1 aliphatic heterocycles. The van der Waals surface area contributed by atoms with Crippen LogP contribution in [-0.2, 0) is 11.2 Å². The van der Waals surface area contributed by atoms with Crippen molar-refractivity contribution in [2.75, 3.05) is 11.9 Å². The lowest BCUT2D eigenvalue weighted by Gasteiger charge is -2.26. The van der Waals surface area contributed by atoms with Gasteiger partial charge in [-0.3, -0.25) is 4.79 Å². The lowest BCUT2D eigenvalue weighted by molar-refractivity contribution is -0.118. The molecule has 2 N–H and O–H groups in total. The second-order valence-corrected chi connectivity index (χ2v) is 5.08. The van der Waals surface area contributed by atoms with Crippen molar-refractivity contribution < 1.29 is 4.79 Å². The number of carbonyl (C=O) groups is 1. The van der Waals surface area contributed by atoms with Crippen LogP contribution >= 0.6 is 11.6 Å². The number of hydrogen-bond donors (Lipinski definition) is 2. The predicted octanol–water partition coefficient (Wildman–Crippen LogP) is 2.56. The summed E-state index contributed by atoms with van der Waals surface area (Å²) in [6, 6.07) is 11.0. The molecule has 5 heteroatoms. The molecule has 2 heterocycles. The number of nitrogens with one attached hydrogen (secondary N) is 2. The van der Waals surface area contributed by atoms with Crippen LogP contribution in [0.5, 0.6) is 0 Å². The maximum Gasteiger partial charge on any atom is 0.246 e. The molecule has 3 rings (SSSR count). The molecular weight excluding hydrogens is 274 g/mol. The van der Waals surface area contributed by atoms with Gasteiger partial charge < -0.3 is 10.6 Å². The Bertz CT molecular complexity index is 645. The van der Waals surface area contributed by atoms with Crippen LogP contribution in [0.25, 0.3) is 0 Å². The van der Waals surface area contributed by atoms with Gasteiger partial charge in [-0.2, -0.15) is 0 Å². The van der Waals surface area contributed by atoms with E-state index in [1.807, 2.05) is 18.2 Å². The number of anilines is 1. The lowest BCUT2D eigenvalue weighted by atomic mass is 9.94. The molecule has 1 aromatic heterocycles. The first-order chi connectivity index (χ1) is 9.74. The van der Waals surface area contributed by atoms with Crippen LogP contribution in [0, 0.1) is 0 Å². The van der Waals surface area contributed by atoms with E-state index in [9.17, 15) is 4.79 Å². The van der Waals surface area contributed by atoms with Gasteiger partial charge in [0.2, 0.25) is 5.91 Å². The zero-order chi connectivity index (χ0) is 13.9. The summed E-state index contributed by atoms with van der Waals surface area (Å²) in [4.78, 5) is 16.3. The molecular formula is C15H14ClN3O. The van der Waals surface area contributed by atoms with Gasteiger partial charge in [0, 0.05) is 18.4 Å². The van der Waals surface area contributed by atoms with Gasteiger partial charge in [-0.25, -0.2) is 4.98 Å². The first kappa shape index (κ1) is 13.1. The van der Waals surface area contributed by atoms with Crippen LogP contribution < -0.4 is 10.6 Å². The van der Waals surface area contributed by atoms with E-state index in [0.717, 1.165) is 18.5 Å². The van der Waals surface area contributed by atoms with E-state index in [-0.39, 0.29) is 11.9 Å². The molecule has 0 fully saturated rings. The first-order valence-electron chi connectivity index (χ1n) is 6.47. The fraction of sp³-hybridized carbons (Fsp3) is 0.200. The van der Waals surface area contributed by atoms with Gasteiger partial charge >= 0.3 is 0 Å². The number of amides is 1. The minimum Gasteiger partial charge on any atom is -0.324 e. The van der Waals surface area contributed by atoms with Crippen molar-refractivity contribution in [1.29, 1.82) is 0 Å². The summed E-state index contributed by atoms with van der Waals surface area (Å²) in [5, 5.41) is 6.48. The van der Waals surface area contributed by atoms with E-state index in [2.05, 4.69) is 21.7 Å². The number of rotatable bonds is 2. The highest BCUT2D eigenvalue weighted by Gasteiger charge is 2.25. The molecule has 0 aliphatic carbocycles. The van der Waals surface area contributed by atoms with Gasteiger partial charge in [-0.1, -0.05) is 35.9 Å². The average Bonchev–Trinajstić information content (AvgIpc) is 2.46. The second-order valence-electron chi connectivity index (χ2n) is 4.69. The van der Waals surface area contributed by atoms with Crippen molar-refractivity contribution in [3.63, 3.8) is 0 Å². The van der Waals surface area contributed by atoms with Gasteiger partial charge in [0.15, 0.2) is 0 Å². The SMILES string of the molecule is O=C(Nc1ccnc(Cl)c1)C1NCCc2ccccc21. The van der Waals surface area contributed by atoms with Crippen LogP contribution in [0.15, 0.2) is 42.6 Å². The van der Waals surface area contributed by atoms with Crippen LogP contribution in [0.3, 0.4) is 0 Å². The Morgan fingerprint density at radius 2 is 2.20 bits per heavy atom. The summed E-state index contributed by atoms with van der Waals surface area (Å²) in [6.07, 6.45) is 2.52. The largest absolute Gasteiger partial charge is 0.324 e. The van der Waals surface area contributed by atoms with Gasteiger partial charge in [0.1, 0.15) is 11.2 Å². The molecule has 2 aromatic rings. The predicted molar refractivity (Wildman–Crippen MR) is 78.8 cm³/mol. The third kappa shape index (κ3) is 2.66. The highest BCUT2D eigenvalue weighted by molar-refractivity contribution is 6.29. The van der Waals surface area contributed by atoms with E-state index >= 15 is 0 Å². The van der Waals surface area contributed by atoms with E-state index in [4.69, 9.17) is 11.6 Å². The molecule has 0 spiro atoms. The summed E-state index contributed by atoms with van der Waals surface area (Å²) in [5.74, 6) is -0.0839.